The highest BCUT2D eigenvalue weighted by Crippen LogP contribution is 2.62. The van der Waals surface area contributed by atoms with Crippen molar-refractivity contribution in [2.24, 2.45) is 0 Å². The average Bonchev–Trinajstić information content (AvgIpc) is 2.56. The fourth-order valence-corrected chi connectivity index (χ4v) is 7.12. The summed E-state index contributed by atoms with van der Waals surface area (Å²) in [6.45, 7) is 0. The largest absolute Gasteiger partial charge is 0.181 e. The molecule has 0 aliphatic heterocycles. The molecular formula is C18H16Br2P+. The SMILES string of the molecule is Br.Br[P+](c1ccccc1)(c1ccccc1)c1ccccc1. The molecule has 0 radical (unpaired) electrons. The molecular weight excluding hydrogens is 407 g/mol. The summed E-state index contributed by atoms with van der Waals surface area (Å²) in [6.07, 6.45) is 0. The molecule has 0 bridgehead atoms. The molecule has 0 spiro atoms. The fraction of sp³-hybridized carbons (Fsp3) is 0. The van der Waals surface area contributed by atoms with E-state index >= 15 is 0 Å². The molecule has 0 heterocycles. The van der Waals surface area contributed by atoms with Gasteiger partial charge in [0.25, 0.3) is 0 Å². The van der Waals surface area contributed by atoms with Crippen molar-refractivity contribution in [3.8, 4) is 0 Å². The highest BCUT2D eigenvalue weighted by atomic mass is 79.9. The van der Waals surface area contributed by atoms with Crippen molar-refractivity contribution in [3.05, 3.63) is 91.0 Å². The average molecular weight is 423 g/mol. The quantitative estimate of drug-likeness (QED) is 0.528. The van der Waals surface area contributed by atoms with Gasteiger partial charge in [0.15, 0.2) is 21.5 Å². The first-order valence-corrected chi connectivity index (χ1v) is 10.4. The molecule has 3 aromatic rings. The minimum Gasteiger partial charge on any atom is -0.114 e. The first-order valence-electron chi connectivity index (χ1n) is 6.57. The van der Waals surface area contributed by atoms with Gasteiger partial charge in [-0.05, 0) is 36.4 Å². The van der Waals surface area contributed by atoms with E-state index in [1.54, 1.807) is 0 Å². The third-order valence-electron chi connectivity index (χ3n) is 3.34. The predicted molar refractivity (Wildman–Crippen MR) is 104 cm³/mol. The van der Waals surface area contributed by atoms with E-state index in [-0.39, 0.29) is 17.0 Å². The zero-order valence-electron chi connectivity index (χ0n) is 11.4. The summed E-state index contributed by atoms with van der Waals surface area (Å²) in [4.78, 5) is 0. The van der Waals surface area contributed by atoms with Crippen LogP contribution in [0.3, 0.4) is 0 Å². The molecule has 21 heavy (non-hydrogen) atoms. The summed E-state index contributed by atoms with van der Waals surface area (Å²) in [6, 6.07) is 32.1. The Morgan fingerprint density at radius 2 is 0.714 bits per heavy atom. The molecule has 106 valence electrons. The fourth-order valence-electron chi connectivity index (χ4n) is 2.35. The molecule has 0 aliphatic carbocycles. The van der Waals surface area contributed by atoms with E-state index in [1.807, 2.05) is 0 Å². The van der Waals surface area contributed by atoms with Crippen LogP contribution in [0.2, 0.25) is 0 Å². The van der Waals surface area contributed by atoms with Gasteiger partial charge in [0, 0.05) is 0 Å². The first-order chi connectivity index (χ1) is 9.82. The van der Waals surface area contributed by atoms with Crippen LogP contribution in [0.5, 0.6) is 0 Å². The molecule has 0 saturated heterocycles. The molecule has 3 rings (SSSR count). The van der Waals surface area contributed by atoms with E-state index in [1.165, 1.54) is 15.9 Å². The summed E-state index contributed by atoms with van der Waals surface area (Å²) < 4.78 is 0. The maximum absolute atomic E-state index is 4.12. The van der Waals surface area contributed by atoms with Crippen LogP contribution < -0.4 is 15.9 Å². The monoisotopic (exact) mass is 421 g/mol. The van der Waals surface area contributed by atoms with Gasteiger partial charge in [-0.2, -0.15) is 0 Å². The van der Waals surface area contributed by atoms with Gasteiger partial charge < -0.3 is 0 Å². The minimum atomic E-state index is -1.71. The molecule has 3 heteroatoms. The lowest BCUT2D eigenvalue weighted by atomic mass is 10.4. The third kappa shape index (κ3) is 3.29. The topological polar surface area (TPSA) is 0 Å². The maximum atomic E-state index is 4.12. The predicted octanol–water partition coefficient (Wildman–Crippen LogP) is 4.87. The Morgan fingerprint density at radius 3 is 0.952 bits per heavy atom. The van der Waals surface area contributed by atoms with Crippen molar-refractivity contribution in [3.63, 3.8) is 0 Å². The Balaban J connectivity index is 0.00000161. The summed E-state index contributed by atoms with van der Waals surface area (Å²) >= 11 is 4.12. The molecule has 0 N–H and O–H groups in total. The molecule has 0 atom stereocenters. The Hall–Kier alpha value is -0.950. The van der Waals surface area contributed by atoms with E-state index < -0.39 is 5.96 Å². The first kappa shape index (κ1) is 16.4. The van der Waals surface area contributed by atoms with Gasteiger partial charge in [-0.3, -0.25) is 0 Å². The van der Waals surface area contributed by atoms with Crippen LogP contribution in [0.15, 0.2) is 91.0 Å². The maximum Gasteiger partial charge on any atom is 0.181 e. The number of rotatable bonds is 3. The van der Waals surface area contributed by atoms with Crippen LogP contribution in [-0.4, -0.2) is 0 Å². The van der Waals surface area contributed by atoms with Gasteiger partial charge in [0.2, 0.25) is 0 Å². The van der Waals surface area contributed by atoms with Crippen LogP contribution >= 0.6 is 38.4 Å². The molecule has 0 saturated carbocycles. The summed E-state index contributed by atoms with van der Waals surface area (Å²) in [5.41, 5.74) is 0. The molecule has 3 aromatic carbocycles. The summed E-state index contributed by atoms with van der Waals surface area (Å²) in [7, 11) is 0. The highest BCUT2D eigenvalue weighted by Gasteiger charge is 2.43. The third-order valence-corrected chi connectivity index (χ3v) is 10.1. The standard InChI is InChI=1S/C18H15BrP.BrH/c19-20(16-10-4-1-5-11-16,17-12-6-2-7-13-17)18-14-8-3-9-15-18;/h1-15H;1H/q+1;. The lowest BCUT2D eigenvalue weighted by Crippen LogP contribution is -2.26. The molecule has 0 nitrogen and oxygen atoms in total. The van der Waals surface area contributed by atoms with Gasteiger partial charge in [-0.1, -0.05) is 54.6 Å². The van der Waals surface area contributed by atoms with Crippen molar-refractivity contribution < 1.29 is 0 Å². The zero-order chi connectivity index (χ0) is 13.8. The normalized spacial score (nSPS) is 10.7. The van der Waals surface area contributed by atoms with Crippen molar-refractivity contribution in [1.82, 2.24) is 0 Å². The van der Waals surface area contributed by atoms with E-state index in [9.17, 15) is 0 Å². The van der Waals surface area contributed by atoms with Crippen LogP contribution in [0.25, 0.3) is 0 Å². The lowest BCUT2D eigenvalue weighted by molar-refractivity contribution is 1.73. The molecule has 0 aromatic heterocycles. The van der Waals surface area contributed by atoms with Crippen molar-refractivity contribution in [2.45, 2.75) is 0 Å². The number of hydrogen-bond acceptors (Lipinski definition) is 0. The second-order valence-corrected chi connectivity index (χ2v) is 10.5. The van der Waals surface area contributed by atoms with E-state index in [0.717, 1.165) is 0 Å². The van der Waals surface area contributed by atoms with Crippen LogP contribution in [-0.2, 0) is 0 Å². The van der Waals surface area contributed by atoms with E-state index in [0.29, 0.717) is 0 Å². The molecule has 0 fully saturated rings. The van der Waals surface area contributed by atoms with Crippen LogP contribution in [0, 0.1) is 0 Å². The second-order valence-electron chi connectivity index (χ2n) is 4.60. The minimum absolute atomic E-state index is 0. The number of halogens is 2. The summed E-state index contributed by atoms with van der Waals surface area (Å²) in [5, 5.41) is 4.03. The Kier molecular flexibility index (Phi) is 5.75. The summed E-state index contributed by atoms with van der Waals surface area (Å²) in [5.74, 6) is -1.71. The Labute approximate surface area is 145 Å². The number of hydrogen-bond donors (Lipinski definition) is 0. The molecule has 0 unspecified atom stereocenters. The van der Waals surface area contributed by atoms with Crippen molar-refractivity contribution in [2.75, 3.05) is 0 Å². The smallest absolute Gasteiger partial charge is 0.114 e. The van der Waals surface area contributed by atoms with Crippen molar-refractivity contribution in [1.29, 1.82) is 0 Å². The van der Waals surface area contributed by atoms with Crippen LogP contribution in [0.4, 0.5) is 0 Å². The molecule has 0 aliphatic rings. The highest BCUT2D eigenvalue weighted by molar-refractivity contribution is 9.44. The zero-order valence-corrected chi connectivity index (χ0v) is 15.6. The van der Waals surface area contributed by atoms with Gasteiger partial charge >= 0.3 is 0 Å². The van der Waals surface area contributed by atoms with Crippen LogP contribution in [0.1, 0.15) is 0 Å². The van der Waals surface area contributed by atoms with E-state index in [2.05, 4.69) is 106 Å². The number of benzene rings is 3. The Bertz CT molecular complexity index is 573. The van der Waals surface area contributed by atoms with Crippen molar-refractivity contribution >= 4 is 54.3 Å². The van der Waals surface area contributed by atoms with Gasteiger partial charge in [-0.15, -0.1) is 17.0 Å². The second kappa shape index (κ2) is 7.35. The van der Waals surface area contributed by atoms with Gasteiger partial charge in [0.1, 0.15) is 15.9 Å². The lowest BCUT2D eigenvalue weighted by Gasteiger charge is -2.19. The molecule has 0 amide bonds. The van der Waals surface area contributed by atoms with Gasteiger partial charge in [0.05, 0.1) is 0 Å². The van der Waals surface area contributed by atoms with Gasteiger partial charge in [-0.25, -0.2) is 0 Å². The van der Waals surface area contributed by atoms with E-state index in [4.69, 9.17) is 0 Å². The Morgan fingerprint density at radius 1 is 0.476 bits per heavy atom.